The molecule has 1 N–H and O–H groups in total. The Morgan fingerprint density at radius 2 is 1.75 bits per heavy atom. The van der Waals surface area contributed by atoms with Crippen LogP contribution in [0.2, 0.25) is 0 Å². The molecule has 32 heavy (non-hydrogen) atoms. The van der Waals surface area contributed by atoms with E-state index in [4.69, 9.17) is 4.74 Å². The minimum Gasteiger partial charge on any atom is -0.492 e. The summed E-state index contributed by atoms with van der Waals surface area (Å²) < 4.78 is 33.0. The van der Waals surface area contributed by atoms with Crippen LogP contribution in [-0.4, -0.2) is 57.3 Å². The lowest BCUT2D eigenvalue weighted by Gasteiger charge is -2.21. The quantitative estimate of drug-likeness (QED) is 0.423. The average Bonchev–Trinajstić information content (AvgIpc) is 2.74. The first-order chi connectivity index (χ1) is 15.1. The summed E-state index contributed by atoms with van der Waals surface area (Å²) in [5, 5.41) is 13.8. The number of carbonyl (C=O) groups excluding carboxylic acids is 1. The number of sulfonamides is 1. The van der Waals surface area contributed by atoms with Gasteiger partial charge in [0.25, 0.3) is 11.6 Å². The van der Waals surface area contributed by atoms with Crippen LogP contribution in [0.4, 0.5) is 17.1 Å². The number of benzene rings is 2. The van der Waals surface area contributed by atoms with Gasteiger partial charge in [-0.25, -0.2) is 8.42 Å². The second-order valence-electron chi connectivity index (χ2n) is 6.99. The standard InChI is InChI=1S/C21H28N4O6S/c1-6-24(7-2)32(29,30)20-13-15(9-12-19(20)31-8-3)22-21(26)17-14-16(25(27)28)10-11-18(17)23(4)5/h9-14H,6-8H2,1-5H3,(H,22,26). The molecule has 0 aromatic heterocycles. The molecular formula is C21H28N4O6S. The number of rotatable bonds is 10. The Bertz CT molecular complexity index is 1100. The van der Waals surface area contributed by atoms with E-state index in [0.29, 0.717) is 5.69 Å². The Hall–Kier alpha value is -3.18. The number of amides is 1. The van der Waals surface area contributed by atoms with E-state index in [1.165, 1.54) is 40.7 Å². The maximum Gasteiger partial charge on any atom is 0.270 e. The summed E-state index contributed by atoms with van der Waals surface area (Å²) in [6.45, 7) is 6.04. The minimum absolute atomic E-state index is 0.0623. The molecule has 2 rings (SSSR count). The molecule has 0 atom stereocenters. The minimum atomic E-state index is -3.86. The molecule has 0 unspecified atom stereocenters. The monoisotopic (exact) mass is 464 g/mol. The van der Waals surface area contributed by atoms with Gasteiger partial charge in [0.1, 0.15) is 10.6 Å². The van der Waals surface area contributed by atoms with Crippen LogP contribution in [-0.2, 0) is 10.0 Å². The highest BCUT2D eigenvalue weighted by atomic mass is 32.2. The van der Waals surface area contributed by atoms with Gasteiger partial charge in [-0.3, -0.25) is 14.9 Å². The third-order valence-corrected chi connectivity index (χ3v) is 6.81. The van der Waals surface area contributed by atoms with Crippen molar-refractivity contribution in [2.24, 2.45) is 0 Å². The number of nitro benzene ring substituents is 1. The number of anilines is 2. The van der Waals surface area contributed by atoms with E-state index in [9.17, 15) is 23.3 Å². The first-order valence-electron chi connectivity index (χ1n) is 10.1. The zero-order valence-corrected chi connectivity index (χ0v) is 19.6. The number of hydrogen-bond donors (Lipinski definition) is 1. The molecule has 11 heteroatoms. The molecule has 0 bridgehead atoms. The van der Waals surface area contributed by atoms with Crippen molar-refractivity contribution in [3.05, 3.63) is 52.1 Å². The molecule has 10 nitrogen and oxygen atoms in total. The molecule has 2 aromatic rings. The molecule has 0 aliphatic rings. The van der Waals surface area contributed by atoms with Crippen LogP contribution in [0.25, 0.3) is 0 Å². The van der Waals surface area contributed by atoms with Crippen molar-refractivity contribution < 1.29 is 22.9 Å². The van der Waals surface area contributed by atoms with Crippen LogP contribution in [0.15, 0.2) is 41.3 Å². The van der Waals surface area contributed by atoms with E-state index in [1.807, 2.05) is 0 Å². The van der Waals surface area contributed by atoms with Crippen LogP contribution >= 0.6 is 0 Å². The van der Waals surface area contributed by atoms with Gasteiger partial charge >= 0.3 is 0 Å². The van der Waals surface area contributed by atoms with E-state index in [2.05, 4.69) is 5.32 Å². The lowest BCUT2D eigenvalue weighted by molar-refractivity contribution is -0.384. The van der Waals surface area contributed by atoms with Gasteiger partial charge in [0, 0.05) is 50.7 Å². The number of hydrogen-bond acceptors (Lipinski definition) is 7. The highest BCUT2D eigenvalue weighted by molar-refractivity contribution is 7.89. The molecule has 0 heterocycles. The molecule has 0 aliphatic carbocycles. The van der Waals surface area contributed by atoms with Crippen LogP contribution < -0.4 is 15.0 Å². The molecule has 0 saturated carbocycles. The Labute approximate surface area is 188 Å². The van der Waals surface area contributed by atoms with Crippen molar-refractivity contribution in [1.82, 2.24) is 4.31 Å². The van der Waals surface area contributed by atoms with Crippen LogP contribution in [0.3, 0.4) is 0 Å². The Kier molecular flexibility index (Phi) is 8.17. The fourth-order valence-electron chi connectivity index (χ4n) is 3.17. The lowest BCUT2D eigenvalue weighted by Crippen LogP contribution is -2.31. The maximum atomic E-state index is 13.1. The number of nitrogens with zero attached hydrogens (tertiary/aromatic N) is 3. The van der Waals surface area contributed by atoms with Crippen molar-refractivity contribution in [2.75, 3.05) is 44.0 Å². The van der Waals surface area contributed by atoms with Crippen molar-refractivity contribution in [3.63, 3.8) is 0 Å². The van der Waals surface area contributed by atoms with E-state index < -0.39 is 20.9 Å². The van der Waals surface area contributed by atoms with Crippen molar-refractivity contribution in [2.45, 2.75) is 25.7 Å². The Morgan fingerprint density at radius 3 is 2.28 bits per heavy atom. The predicted molar refractivity (Wildman–Crippen MR) is 123 cm³/mol. The average molecular weight is 465 g/mol. The number of nitro groups is 1. The molecule has 1 amide bonds. The fourth-order valence-corrected chi connectivity index (χ4v) is 4.79. The van der Waals surface area contributed by atoms with Gasteiger partial charge in [-0.05, 0) is 31.2 Å². The van der Waals surface area contributed by atoms with E-state index in [-0.39, 0.29) is 47.3 Å². The van der Waals surface area contributed by atoms with E-state index in [1.54, 1.807) is 39.8 Å². The molecule has 0 fully saturated rings. The molecule has 0 radical (unpaired) electrons. The topological polar surface area (TPSA) is 122 Å². The molecule has 0 spiro atoms. The summed E-state index contributed by atoms with van der Waals surface area (Å²) in [6, 6.07) is 8.34. The summed E-state index contributed by atoms with van der Waals surface area (Å²) in [5.74, 6) is -0.422. The van der Waals surface area contributed by atoms with Gasteiger partial charge in [0.05, 0.1) is 17.1 Å². The largest absolute Gasteiger partial charge is 0.492 e. The predicted octanol–water partition coefficient (Wildman–Crippen LogP) is 3.34. The fraction of sp³-hybridized carbons (Fsp3) is 0.381. The summed E-state index contributed by atoms with van der Waals surface area (Å²) in [6.07, 6.45) is 0. The first-order valence-corrected chi connectivity index (χ1v) is 11.5. The Balaban J connectivity index is 2.51. The third kappa shape index (κ3) is 5.35. The van der Waals surface area contributed by atoms with Gasteiger partial charge < -0.3 is 15.0 Å². The summed E-state index contributed by atoms with van der Waals surface area (Å²) in [4.78, 5) is 25.2. The summed E-state index contributed by atoms with van der Waals surface area (Å²) >= 11 is 0. The van der Waals surface area contributed by atoms with Gasteiger partial charge in [-0.1, -0.05) is 13.8 Å². The number of non-ortho nitro benzene ring substituents is 1. The van der Waals surface area contributed by atoms with E-state index >= 15 is 0 Å². The first kappa shape index (κ1) is 25.1. The summed E-state index contributed by atoms with van der Waals surface area (Å²) in [5.41, 5.74) is 0.568. The van der Waals surface area contributed by atoms with Crippen molar-refractivity contribution in [3.8, 4) is 5.75 Å². The molecule has 0 saturated heterocycles. The number of ether oxygens (including phenoxy) is 1. The SMILES string of the molecule is CCOc1ccc(NC(=O)c2cc([N+](=O)[O-])ccc2N(C)C)cc1S(=O)(=O)N(CC)CC. The smallest absolute Gasteiger partial charge is 0.270 e. The highest BCUT2D eigenvalue weighted by Gasteiger charge is 2.27. The van der Waals surface area contributed by atoms with Crippen LogP contribution in [0, 0.1) is 10.1 Å². The molecule has 2 aromatic carbocycles. The van der Waals surface area contributed by atoms with Crippen LogP contribution in [0.1, 0.15) is 31.1 Å². The van der Waals surface area contributed by atoms with Gasteiger partial charge in [-0.2, -0.15) is 4.31 Å². The Morgan fingerprint density at radius 1 is 1.09 bits per heavy atom. The lowest BCUT2D eigenvalue weighted by atomic mass is 10.1. The number of carbonyl (C=O) groups is 1. The second-order valence-corrected chi connectivity index (χ2v) is 8.90. The van der Waals surface area contributed by atoms with Gasteiger partial charge in [0.2, 0.25) is 10.0 Å². The van der Waals surface area contributed by atoms with Crippen LogP contribution in [0.5, 0.6) is 5.75 Å². The zero-order valence-electron chi connectivity index (χ0n) is 18.8. The summed E-state index contributed by atoms with van der Waals surface area (Å²) in [7, 11) is -0.433. The third-order valence-electron chi connectivity index (χ3n) is 4.74. The van der Waals surface area contributed by atoms with E-state index in [0.717, 1.165) is 0 Å². The maximum absolute atomic E-state index is 13.1. The van der Waals surface area contributed by atoms with Gasteiger partial charge in [-0.15, -0.1) is 0 Å². The normalized spacial score (nSPS) is 11.3. The number of nitrogens with one attached hydrogen (secondary N) is 1. The van der Waals surface area contributed by atoms with Crippen molar-refractivity contribution >= 4 is 33.0 Å². The highest BCUT2D eigenvalue weighted by Crippen LogP contribution is 2.31. The van der Waals surface area contributed by atoms with Crippen molar-refractivity contribution in [1.29, 1.82) is 0 Å². The second kappa shape index (κ2) is 10.4. The molecular weight excluding hydrogens is 436 g/mol. The molecule has 174 valence electrons. The molecule has 0 aliphatic heterocycles. The zero-order chi connectivity index (χ0) is 24.1. The van der Waals surface area contributed by atoms with Gasteiger partial charge in [0.15, 0.2) is 0 Å².